The van der Waals surface area contributed by atoms with Gasteiger partial charge in [-0.05, 0) is 42.2 Å². The fraction of sp³-hybridized carbons (Fsp3) is 0.273. The molecule has 0 aromatic heterocycles. The Hall–Kier alpha value is -2.88. The Balaban J connectivity index is 2.35. The number of anilines is 1. The van der Waals surface area contributed by atoms with E-state index in [1.807, 2.05) is 62.5 Å². The molecule has 1 N–H and O–H groups in total. The van der Waals surface area contributed by atoms with E-state index in [1.54, 1.807) is 11.2 Å². The highest BCUT2D eigenvalue weighted by atomic mass is 16.2. The molecule has 136 valence electrons. The monoisotopic (exact) mass is 349 g/mol. The maximum Gasteiger partial charge on any atom is 0.272 e. The van der Waals surface area contributed by atoms with Crippen LogP contribution in [0.25, 0.3) is 6.08 Å². The van der Waals surface area contributed by atoms with Crippen molar-refractivity contribution in [3.8, 4) is 0 Å². The maximum atomic E-state index is 12.9. The molecule has 0 aliphatic carbocycles. The molecule has 0 bridgehead atoms. The minimum atomic E-state index is -0.170. The normalized spacial score (nSPS) is 11.8. The van der Waals surface area contributed by atoms with Gasteiger partial charge < -0.3 is 10.2 Å². The number of benzene rings is 2. The SMILES string of the molecule is CCN=CN(C)/C(=C\c1cccc(C(C)C)c1)C(=O)Nc1ccccc1. The predicted molar refractivity (Wildman–Crippen MR) is 110 cm³/mol. The first-order chi connectivity index (χ1) is 12.5. The molecule has 4 nitrogen and oxygen atoms in total. The van der Waals surface area contributed by atoms with Crippen LogP contribution < -0.4 is 5.32 Å². The summed E-state index contributed by atoms with van der Waals surface area (Å²) < 4.78 is 0. The number of hydrogen-bond donors (Lipinski definition) is 1. The second kappa shape index (κ2) is 9.56. The van der Waals surface area contributed by atoms with Crippen molar-refractivity contribution in [1.82, 2.24) is 4.90 Å². The summed E-state index contributed by atoms with van der Waals surface area (Å²) >= 11 is 0. The number of nitrogens with one attached hydrogen (secondary N) is 1. The van der Waals surface area contributed by atoms with Gasteiger partial charge in [-0.15, -0.1) is 0 Å². The van der Waals surface area contributed by atoms with Gasteiger partial charge in [-0.2, -0.15) is 0 Å². The van der Waals surface area contributed by atoms with Gasteiger partial charge in [-0.3, -0.25) is 9.79 Å². The summed E-state index contributed by atoms with van der Waals surface area (Å²) in [5, 5.41) is 2.95. The van der Waals surface area contributed by atoms with Crippen LogP contribution in [0, 0.1) is 0 Å². The summed E-state index contributed by atoms with van der Waals surface area (Å²) in [5.41, 5.74) is 3.53. The zero-order valence-corrected chi connectivity index (χ0v) is 15.9. The highest BCUT2D eigenvalue weighted by Crippen LogP contribution is 2.19. The molecule has 0 unspecified atom stereocenters. The number of carbonyl (C=O) groups excluding carboxylic acids is 1. The molecular formula is C22H27N3O. The zero-order chi connectivity index (χ0) is 18.9. The van der Waals surface area contributed by atoms with E-state index in [-0.39, 0.29) is 5.91 Å². The van der Waals surface area contributed by atoms with E-state index in [9.17, 15) is 4.79 Å². The molecule has 2 aromatic carbocycles. The topological polar surface area (TPSA) is 44.7 Å². The molecule has 1 amide bonds. The quantitative estimate of drug-likeness (QED) is 0.444. The molecule has 0 aliphatic rings. The number of rotatable bonds is 7. The lowest BCUT2D eigenvalue weighted by Gasteiger charge is -2.18. The minimum absolute atomic E-state index is 0.170. The number of amides is 1. The van der Waals surface area contributed by atoms with E-state index in [2.05, 4.69) is 36.3 Å². The highest BCUT2D eigenvalue weighted by molar-refractivity contribution is 6.07. The Morgan fingerprint density at radius 1 is 1.15 bits per heavy atom. The average Bonchev–Trinajstić information content (AvgIpc) is 2.65. The largest absolute Gasteiger partial charge is 0.331 e. The van der Waals surface area contributed by atoms with Crippen molar-refractivity contribution in [2.24, 2.45) is 4.99 Å². The number of carbonyl (C=O) groups is 1. The van der Waals surface area contributed by atoms with Crippen LogP contribution in [-0.4, -0.2) is 30.7 Å². The van der Waals surface area contributed by atoms with Crippen LogP contribution in [0.3, 0.4) is 0 Å². The van der Waals surface area contributed by atoms with Gasteiger partial charge in [0.2, 0.25) is 0 Å². The first-order valence-electron chi connectivity index (χ1n) is 8.92. The molecule has 0 fully saturated rings. The fourth-order valence-corrected chi connectivity index (χ4v) is 2.48. The second-order valence-corrected chi connectivity index (χ2v) is 6.40. The Kier molecular flexibility index (Phi) is 7.15. The van der Waals surface area contributed by atoms with Crippen LogP contribution in [-0.2, 0) is 4.79 Å². The molecule has 2 rings (SSSR count). The van der Waals surface area contributed by atoms with Crippen molar-refractivity contribution in [1.29, 1.82) is 0 Å². The molecular weight excluding hydrogens is 322 g/mol. The zero-order valence-electron chi connectivity index (χ0n) is 15.9. The number of likely N-dealkylation sites (N-methyl/N-ethyl adjacent to an activating group) is 1. The third-order valence-electron chi connectivity index (χ3n) is 3.96. The smallest absolute Gasteiger partial charge is 0.272 e. The van der Waals surface area contributed by atoms with Gasteiger partial charge in [-0.1, -0.05) is 56.3 Å². The third-order valence-corrected chi connectivity index (χ3v) is 3.96. The summed E-state index contributed by atoms with van der Waals surface area (Å²) in [6, 6.07) is 17.7. The van der Waals surface area contributed by atoms with Crippen molar-refractivity contribution >= 4 is 24.0 Å². The lowest BCUT2D eigenvalue weighted by molar-refractivity contribution is -0.113. The molecule has 0 saturated heterocycles. The Morgan fingerprint density at radius 2 is 1.88 bits per heavy atom. The van der Waals surface area contributed by atoms with Gasteiger partial charge in [-0.25, -0.2) is 0 Å². The third kappa shape index (κ3) is 5.59. The lowest BCUT2D eigenvalue weighted by atomic mass is 10.0. The van der Waals surface area contributed by atoms with Gasteiger partial charge in [0.05, 0.1) is 6.34 Å². The molecule has 0 atom stereocenters. The average molecular weight is 349 g/mol. The van der Waals surface area contributed by atoms with Gasteiger partial charge >= 0.3 is 0 Å². The van der Waals surface area contributed by atoms with Crippen molar-refractivity contribution in [2.75, 3.05) is 18.9 Å². The first-order valence-corrected chi connectivity index (χ1v) is 8.92. The van der Waals surface area contributed by atoms with E-state index in [1.165, 1.54) is 5.56 Å². The van der Waals surface area contributed by atoms with E-state index in [4.69, 9.17) is 0 Å². The van der Waals surface area contributed by atoms with Crippen LogP contribution in [0.1, 0.15) is 37.8 Å². The second-order valence-electron chi connectivity index (χ2n) is 6.40. The molecule has 0 saturated carbocycles. The number of aliphatic imine (C=N–C) groups is 1. The standard InChI is InChI=1S/C22H27N3O/c1-5-23-16-25(4)21(22(26)24-20-12-7-6-8-13-20)15-18-10-9-11-19(14-18)17(2)3/h6-17H,5H2,1-4H3,(H,24,26)/b21-15-,23-16?. The first kappa shape index (κ1) is 19.4. The molecule has 2 aromatic rings. The van der Waals surface area contributed by atoms with E-state index in [0.29, 0.717) is 18.2 Å². The van der Waals surface area contributed by atoms with Crippen LogP contribution in [0.4, 0.5) is 5.69 Å². The molecule has 0 spiro atoms. The predicted octanol–water partition coefficient (Wildman–Crippen LogP) is 4.77. The lowest BCUT2D eigenvalue weighted by Crippen LogP contribution is -2.27. The van der Waals surface area contributed by atoms with Crippen LogP contribution in [0.15, 0.2) is 65.3 Å². The van der Waals surface area contributed by atoms with E-state index < -0.39 is 0 Å². The van der Waals surface area contributed by atoms with Crippen molar-refractivity contribution in [3.05, 3.63) is 71.4 Å². The molecule has 26 heavy (non-hydrogen) atoms. The molecule has 0 heterocycles. The Morgan fingerprint density at radius 3 is 2.54 bits per heavy atom. The summed E-state index contributed by atoms with van der Waals surface area (Å²) in [7, 11) is 1.84. The Labute approximate surface area is 156 Å². The van der Waals surface area contributed by atoms with Gasteiger partial charge in [0.15, 0.2) is 0 Å². The summed E-state index contributed by atoms with van der Waals surface area (Å²) in [5.74, 6) is 0.264. The number of hydrogen-bond acceptors (Lipinski definition) is 2. The Bertz CT molecular complexity index is 779. The van der Waals surface area contributed by atoms with E-state index >= 15 is 0 Å². The summed E-state index contributed by atoms with van der Waals surface area (Å²) in [4.78, 5) is 18.9. The molecule has 0 aliphatic heterocycles. The van der Waals surface area contributed by atoms with Gasteiger partial charge in [0.25, 0.3) is 5.91 Å². The number of nitrogens with zero attached hydrogens (tertiary/aromatic N) is 2. The van der Waals surface area contributed by atoms with Crippen molar-refractivity contribution in [2.45, 2.75) is 26.7 Å². The van der Waals surface area contributed by atoms with Crippen LogP contribution in [0.2, 0.25) is 0 Å². The summed E-state index contributed by atoms with van der Waals surface area (Å²) in [6.45, 7) is 6.95. The van der Waals surface area contributed by atoms with Crippen molar-refractivity contribution < 1.29 is 4.79 Å². The van der Waals surface area contributed by atoms with Crippen LogP contribution >= 0.6 is 0 Å². The van der Waals surface area contributed by atoms with Gasteiger partial charge in [0, 0.05) is 19.3 Å². The summed E-state index contributed by atoms with van der Waals surface area (Å²) in [6.07, 6.45) is 3.58. The number of para-hydroxylation sites is 1. The van der Waals surface area contributed by atoms with E-state index in [0.717, 1.165) is 11.3 Å². The van der Waals surface area contributed by atoms with Crippen molar-refractivity contribution in [3.63, 3.8) is 0 Å². The maximum absolute atomic E-state index is 12.9. The minimum Gasteiger partial charge on any atom is -0.331 e. The fourth-order valence-electron chi connectivity index (χ4n) is 2.48. The van der Waals surface area contributed by atoms with Gasteiger partial charge in [0.1, 0.15) is 5.70 Å². The molecule has 4 heteroatoms. The molecule has 0 radical (unpaired) electrons. The highest BCUT2D eigenvalue weighted by Gasteiger charge is 2.14. The van der Waals surface area contributed by atoms with Crippen LogP contribution in [0.5, 0.6) is 0 Å².